The number of aromatic nitrogens is 1. The number of hydrogen-bond donors (Lipinski definition) is 3. The van der Waals surface area contributed by atoms with Gasteiger partial charge in [-0.1, -0.05) is 12.2 Å². The van der Waals surface area contributed by atoms with Crippen LogP contribution >= 0.6 is 12.2 Å². The molecule has 222 valence electrons. The number of aliphatic imine (C=N–C) groups is 1. The van der Waals surface area contributed by atoms with Gasteiger partial charge in [0, 0.05) is 35.8 Å². The zero-order valence-electron chi connectivity index (χ0n) is 21.6. The Kier molecular flexibility index (Phi) is 9.43. The summed E-state index contributed by atoms with van der Waals surface area (Å²) in [5.74, 6) is -5.57. The summed E-state index contributed by atoms with van der Waals surface area (Å²) in [5.41, 5.74) is -1.67. The number of amides is 2. The van der Waals surface area contributed by atoms with E-state index in [2.05, 4.69) is 15.3 Å². The van der Waals surface area contributed by atoms with Crippen LogP contribution in [0.4, 0.5) is 36.6 Å². The van der Waals surface area contributed by atoms with Gasteiger partial charge in [-0.05, 0) is 39.7 Å². The SMILES string of the molecule is CC(=NC(C(=O)N1CC(F)(F)C[C@@H]1C)C(=S)c1cnc(N[C@@H](C)C(F)(F)F)cc1C(F)F)C(=O)NC1CC(O)C1. The monoisotopic (exact) mass is 599 g/mol. The highest BCUT2D eigenvalue weighted by Crippen LogP contribution is 2.34. The number of rotatable bonds is 9. The van der Waals surface area contributed by atoms with Gasteiger partial charge in [-0.15, -0.1) is 0 Å². The van der Waals surface area contributed by atoms with Gasteiger partial charge >= 0.3 is 6.18 Å². The van der Waals surface area contributed by atoms with Gasteiger partial charge < -0.3 is 20.6 Å². The Hall–Kier alpha value is -2.88. The first-order chi connectivity index (χ1) is 18.4. The largest absolute Gasteiger partial charge is 0.408 e. The molecule has 1 aromatic rings. The van der Waals surface area contributed by atoms with Crippen molar-refractivity contribution >= 4 is 40.4 Å². The number of hydrogen-bond acceptors (Lipinski definition) is 7. The predicted octanol–water partition coefficient (Wildman–Crippen LogP) is 3.83. The minimum atomic E-state index is -4.70. The molecule has 1 aromatic heterocycles. The zero-order chi connectivity index (χ0) is 30.2. The molecule has 3 atom stereocenters. The van der Waals surface area contributed by atoms with Crippen molar-refractivity contribution in [1.82, 2.24) is 15.2 Å². The van der Waals surface area contributed by atoms with Gasteiger partial charge in [-0.3, -0.25) is 14.6 Å². The molecule has 1 saturated heterocycles. The number of carbonyl (C=O) groups is 2. The molecule has 2 fully saturated rings. The Labute approximate surface area is 230 Å². The fraction of sp³-hybridized carbons (Fsp3) is 0.625. The second-order valence-electron chi connectivity index (χ2n) is 10.0. The van der Waals surface area contributed by atoms with E-state index in [9.17, 15) is 45.4 Å². The van der Waals surface area contributed by atoms with E-state index in [1.54, 1.807) is 0 Å². The summed E-state index contributed by atoms with van der Waals surface area (Å²) < 4.78 is 95.0. The Morgan fingerprint density at radius 2 is 1.90 bits per heavy atom. The molecule has 2 aliphatic rings. The average molecular weight is 600 g/mol. The van der Waals surface area contributed by atoms with Crippen molar-refractivity contribution in [3.63, 3.8) is 0 Å². The Balaban J connectivity index is 1.98. The molecular formula is C24H28F7N5O3S. The maximum atomic E-state index is 14.1. The molecule has 16 heteroatoms. The third-order valence-corrected chi connectivity index (χ3v) is 7.13. The van der Waals surface area contributed by atoms with E-state index in [0.29, 0.717) is 6.07 Å². The highest BCUT2D eigenvalue weighted by atomic mass is 32.1. The van der Waals surface area contributed by atoms with Crippen molar-refractivity contribution in [1.29, 1.82) is 0 Å². The van der Waals surface area contributed by atoms with Crippen LogP contribution in [-0.2, 0) is 9.59 Å². The number of aliphatic hydroxyl groups excluding tert-OH is 1. The fourth-order valence-electron chi connectivity index (χ4n) is 4.33. The van der Waals surface area contributed by atoms with Crippen molar-refractivity contribution < 1.29 is 45.4 Å². The zero-order valence-corrected chi connectivity index (χ0v) is 22.4. The number of carbonyl (C=O) groups excluding carboxylic acids is 2. The lowest BCUT2D eigenvalue weighted by Gasteiger charge is -2.32. The summed E-state index contributed by atoms with van der Waals surface area (Å²) >= 11 is 5.31. The quantitative estimate of drug-likeness (QED) is 0.173. The number of aliphatic hydroxyl groups is 1. The van der Waals surface area contributed by atoms with Crippen molar-refractivity contribution in [2.24, 2.45) is 4.99 Å². The Morgan fingerprint density at radius 1 is 1.27 bits per heavy atom. The van der Waals surface area contributed by atoms with Crippen LogP contribution in [0.15, 0.2) is 17.3 Å². The normalized spacial score (nSPS) is 24.4. The highest BCUT2D eigenvalue weighted by Gasteiger charge is 2.47. The fourth-order valence-corrected chi connectivity index (χ4v) is 4.65. The predicted molar refractivity (Wildman–Crippen MR) is 135 cm³/mol. The molecule has 0 bridgehead atoms. The average Bonchev–Trinajstić information content (AvgIpc) is 3.11. The number of thiocarbonyl (C=S) groups is 1. The van der Waals surface area contributed by atoms with E-state index < -0.39 is 89.3 Å². The minimum absolute atomic E-state index is 0.289. The molecular weight excluding hydrogens is 571 g/mol. The lowest BCUT2D eigenvalue weighted by molar-refractivity contribution is -0.138. The van der Waals surface area contributed by atoms with Crippen LogP contribution in [0, 0.1) is 0 Å². The minimum Gasteiger partial charge on any atom is -0.393 e. The molecule has 0 aromatic carbocycles. The van der Waals surface area contributed by atoms with Crippen LogP contribution in [0.3, 0.4) is 0 Å². The summed E-state index contributed by atoms with van der Waals surface area (Å²) in [5, 5.41) is 14.0. The lowest BCUT2D eigenvalue weighted by Crippen LogP contribution is -2.49. The van der Waals surface area contributed by atoms with Gasteiger partial charge in [0.05, 0.1) is 23.2 Å². The number of pyridine rings is 1. The molecule has 3 N–H and O–H groups in total. The summed E-state index contributed by atoms with van der Waals surface area (Å²) in [4.78, 5) is 34.0. The summed E-state index contributed by atoms with van der Waals surface area (Å²) in [6, 6.07) is -4.67. The van der Waals surface area contributed by atoms with Gasteiger partial charge in [0.1, 0.15) is 11.9 Å². The van der Waals surface area contributed by atoms with E-state index in [1.807, 2.05) is 5.32 Å². The van der Waals surface area contributed by atoms with Crippen LogP contribution < -0.4 is 10.6 Å². The van der Waals surface area contributed by atoms with Crippen molar-refractivity contribution in [3.8, 4) is 0 Å². The van der Waals surface area contributed by atoms with Crippen LogP contribution in [0.5, 0.6) is 0 Å². The Morgan fingerprint density at radius 3 is 2.40 bits per heavy atom. The molecule has 1 aliphatic carbocycles. The van der Waals surface area contributed by atoms with Crippen molar-refractivity contribution in [2.75, 3.05) is 11.9 Å². The van der Waals surface area contributed by atoms with Gasteiger partial charge in [-0.25, -0.2) is 22.5 Å². The second kappa shape index (κ2) is 11.9. The second-order valence-corrected chi connectivity index (χ2v) is 10.5. The number of likely N-dealkylation sites (tertiary alicyclic amines) is 1. The highest BCUT2D eigenvalue weighted by molar-refractivity contribution is 7.81. The van der Waals surface area contributed by atoms with Crippen molar-refractivity contribution in [3.05, 3.63) is 23.4 Å². The number of nitrogens with zero attached hydrogens (tertiary/aromatic N) is 3. The van der Waals surface area contributed by atoms with E-state index in [0.717, 1.165) is 18.0 Å². The number of halogens is 7. The molecule has 1 aliphatic heterocycles. The van der Waals surface area contributed by atoms with Gasteiger partial charge in [0.15, 0.2) is 6.04 Å². The van der Waals surface area contributed by atoms with E-state index >= 15 is 0 Å². The van der Waals surface area contributed by atoms with E-state index in [1.165, 1.54) is 13.8 Å². The number of nitrogens with one attached hydrogen (secondary N) is 2. The van der Waals surface area contributed by atoms with Crippen LogP contribution in [0.2, 0.25) is 0 Å². The maximum Gasteiger partial charge on any atom is 0.408 e. The first-order valence-corrected chi connectivity index (χ1v) is 12.7. The van der Waals surface area contributed by atoms with Gasteiger partial charge in [0.2, 0.25) is 0 Å². The van der Waals surface area contributed by atoms with Crippen LogP contribution in [0.1, 0.15) is 57.6 Å². The molecule has 0 radical (unpaired) electrons. The molecule has 2 amide bonds. The molecule has 40 heavy (non-hydrogen) atoms. The number of alkyl halides is 7. The molecule has 1 unspecified atom stereocenters. The molecule has 1 saturated carbocycles. The van der Waals surface area contributed by atoms with Crippen molar-refractivity contribution in [2.45, 2.75) is 88.8 Å². The smallest absolute Gasteiger partial charge is 0.393 e. The maximum absolute atomic E-state index is 14.1. The summed E-state index contributed by atoms with van der Waals surface area (Å²) in [6.07, 6.45) is -7.89. The summed E-state index contributed by atoms with van der Waals surface area (Å²) in [6.45, 7) is 2.35. The molecule has 0 spiro atoms. The number of anilines is 1. The van der Waals surface area contributed by atoms with E-state index in [-0.39, 0.29) is 24.6 Å². The molecule has 2 heterocycles. The summed E-state index contributed by atoms with van der Waals surface area (Å²) in [7, 11) is 0. The standard InChI is InChI=1S/C24H28F7N5O3S/c1-10-7-23(27,28)9-36(10)22(39)18(33-11(2)21(38)35-13-4-14(37)5-13)19(40)16-8-32-17(6-15(16)20(25)26)34-12(3)24(29,30)31/h6,8,10,12-14,18,20,37H,4-5,7,9H2,1-3H3,(H,32,34)(H,35,38)/t10-,12-,13?,14?,18?/m0/s1. The topological polar surface area (TPSA) is 107 Å². The van der Waals surface area contributed by atoms with E-state index in [4.69, 9.17) is 12.2 Å². The Bertz CT molecular complexity index is 1170. The molecule has 8 nitrogen and oxygen atoms in total. The lowest BCUT2D eigenvalue weighted by atomic mass is 9.89. The third-order valence-electron chi connectivity index (χ3n) is 6.68. The third kappa shape index (κ3) is 7.44. The first-order valence-electron chi connectivity index (χ1n) is 12.3. The van der Waals surface area contributed by atoms with Gasteiger partial charge in [0.25, 0.3) is 24.2 Å². The molecule has 3 rings (SSSR count). The van der Waals surface area contributed by atoms with Gasteiger partial charge in [-0.2, -0.15) is 13.2 Å². The van der Waals surface area contributed by atoms with Crippen LogP contribution in [-0.4, -0.2) is 86.3 Å². The first kappa shape index (κ1) is 31.6. The van der Waals surface area contributed by atoms with Crippen LogP contribution in [0.25, 0.3) is 0 Å².